The number of aromatic nitrogens is 1. The first-order valence-electron chi connectivity index (χ1n) is 6.37. The number of aromatic hydroxyl groups is 2. The summed E-state index contributed by atoms with van der Waals surface area (Å²) in [5.41, 5.74) is 0. The Morgan fingerprint density at radius 1 is 1.11 bits per heavy atom. The van der Waals surface area contributed by atoms with Gasteiger partial charge < -0.3 is 19.1 Å². The third-order valence-electron chi connectivity index (χ3n) is 2.85. The van der Waals surface area contributed by atoms with Crippen molar-refractivity contribution in [3.63, 3.8) is 0 Å². The smallest absolute Gasteiger partial charge is 0.334 e. The molecule has 0 fully saturated rings. The highest BCUT2D eigenvalue weighted by atomic mass is 28.4. The molecule has 0 aliphatic carbocycles. The molecular formula is C12H23NO4Si. The van der Waals surface area contributed by atoms with Gasteiger partial charge in [-0.3, -0.25) is 4.57 Å². The zero-order valence-electron chi connectivity index (χ0n) is 11.3. The monoisotopic (exact) mass is 273 g/mol. The molecule has 0 radical (unpaired) electrons. The Morgan fingerprint density at radius 2 is 1.61 bits per heavy atom. The fourth-order valence-electron chi connectivity index (χ4n) is 2.03. The maximum Gasteiger partial charge on any atom is 0.334 e. The van der Waals surface area contributed by atoms with Gasteiger partial charge in [-0.2, -0.15) is 0 Å². The maximum absolute atomic E-state index is 9.52. The molecular weight excluding hydrogens is 250 g/mol. The molecule has 0 aromatic carbocycles. The third-order valence-corrected chi connectivity index (χ3v) is 5.91. The highest BCUT2D eigenvalue weighted by molar-refractivity contribution is 6.66. The van der Waals surface area contributed by atoms with Crippen molar-refractivity contribution in [1.82, 2.24) is 4.57 Å². The lowest BCUT2D eigenvalue weighted by Gasteiger charge is -2.26. The summed E-state index contributed by atoms with van der Waals surface area (Å²) in [5, 5.41) is 19.0. The highest BCUT2D eigenvalue weighted by Crippen LogP contribution is 2.23. The van der Waals surface area contributed by atoms with Gasteiger partial charge in [0.05, 0.1) is 0 Å². The minimum atomic E-state index is -2.09. The standard InChI is InChI=1S/C12H23NO4Si/c1-4-16-18(3,17-5-2)10-6-9-13-11(14)7-8-12(13)15/h7-8,14-15H,4-6,9-10H2,1-3H3. The summed E-state index contributed by atoms with van der Waals surface area (Å²) in [6, 6.07) is 3.81. The first kappa shape index (κ1) is 15.1. The van der Waals surface area contributed by atoms with E-state index in [1.807, 2.05) is 13.8 Å². The second kappa shape index (κ2) is 6.82. The molecule has 0 saturated heterocycles. The topological polar surface area (TPSA) is 63.9 Å². The predicted molar refractivity (Wildman–Crippen MR) is 72.1 cm³/mol. The first-order valence-corrected chi connectivity index (χ1v) is 8.90. The summed E-state index contributed by atoms with van der Waals surface area (Å²) in [5.74, 6) is 0.173. The van der Waals surface area contributed by atoms with Gasteiger partial charge in [-0.15, -0.1) is 0 Å². The molecule has 6 heteroatoms. The van der Waals surface area contributed by atoms with Gasteiger partial charge in [-0.05, 0) is 32.9 Å². The molecule has 2 N–H and O–H groups in total. The van der Waals surface area contributed by atoms with Gasteiger partial charge in [0, 0.05) is 31.9 Å². The minimum absolute atomic E-state index is 0.0867. The van der Waals surface area contributed by atoms with Crippen LogP contribution in [0.4, 0.5) is 0 Å². The molecule has 0 spiro atoms. The van der Waals surface area contributed by atoms with Crippen LogP contribution in [-0.2, 0) is 15.4 Å². The number of rotatable bonds is 8. The van der Waals surface area contributed by atoms with Gasteiger partial charge >= 0.3 is 8.56 Å². The van der Waals surface area contributed by atoms with Crippen LogP contribution in [0.15, 0.2) is 12.1 Å². The van der Waals surface area contributed by atoms with Crippen LogP contribution < -0.4 is 0 Å². The Kier molecular flexibility index (Phi) is 5.71. The summed E-state index contributed by atoms with van der Waals surface area (Å²) in [4.78, 5) is 0. The lowest BCUT2D eigenvalue weighted by atomic mass is 10.5. The molecule has 104 valence electrons. The Hall–Kier alpha value is -0.983. The fourth-order valence-corrected chi connectivity index (χ4v) is 4.42. The van der Waals surface area contributed by atoms with Gasteiger partial charge in [0.15, 0.2) is 11.8 Å². The van der Waals surface area contributed by atoms with E-state index in [9.17, 15) is 10.2 Å². The zero-order valence-corrected chi connectivity index (χ0v) is 12.3. The lowest BCUT2D eigenvalue weighted by molar-refractivity contribution is 0.187. The second-order valence-corrected chi connectivity index (χ2v) is 7.65. The van der Waals surface area contributed by atoms with Crippen LogP contribution in [0, 0.1) is 0 Å². The Bertz CT molecular complexity index is 341. The molecule has 5 nitrogen and oxygen atoms in total. The van der Waals surface area contributed by atoms with E-state index in [0.29, 0.717) is 19.8 Å². The van der Waals surface area contributed by atoms with Gasteiger partial charge in [0.1, 0.15) is 0 Å². The van der Waals surface area contributed by atoms with Crippen LogP contribution in [0.1, 0.15) is 20.3 Å². The first-order chi connectivity index (χ1) is 8.52. The highest BCUT2D eigenvalue weighted by Gasteiger charge is 2.30. The van der Waals surface area contributed by atoms with E-state index >= 15 is 0 Å². The average Bonchev–Trinajstić information content (AvgIpc) is 2.61. The van der Waals surface area contributed by atoms with Gasteiger partial charge in [0.2, 0.25) is 0 Å². The zero-order chi connectivity index (χ0) is 13.6. The van der Waals surface area contributed by atoms with Gasteiger partial charge in [-0.1, -0.05) is 0 Å². The quantitative estimate of drug-likeness (QED) is 0.714. The van der Waals surface area contributed by atoms with Crippen LogP contribution in [-0.4, -0.2) is 36.6 Å². The minimum Gasteiger partial charge on any atom is -0.494 e. The van der Waals surface area contributed by atoms with Crippen LogP contribution in [0.3, 0.4) is 0 Å². The van der Waals surface area contributed by atoms with E-state index in [1.165, 1.54) is 16.7 Å². The van der Waals surface area contributed by atoms with Crippen LogP contribution in [0.25, 0.3) is 0 Å². The SMILES string of the molecule is CCO[Si](C)(CCCn1c(O)ccc1O)OCC. The van der Waals surface area contributed by atoms with E-state index < -0.39 is 8.56 Å². The van der Waals surface area contributed by atoms with E-state index in [1.54, 1.807) is 0 Å². The van der Waals surface area contributed by atoms with Gasteiger partial charge in [-0.25, -0.2) is 0 Å². The molecule has 0 saturated carbocycles. The second-order valence-electron chi connectivity index (χ2n) is 4.30. The van der Waals surface area contributed by atoms with Crippen molar-refractivity contribution in [2.45, 2.75) is 39.4 Å². The molecule has 0 atom stereocenters. The van der Waals surface area contributed by atoms with Crippen molar-refractivity contribution < 1.29 is 19.1 Å². The van der Waals surface area contributed by atoms with E-state index in [4.69, 9.17) is 8.85 Å². The van der Waals surface area contributed by atoms with Crippen molar-refractivity contribution in [2.24, 2.45) is 0 Å². The predicted octanol–water partition coefficient (Wildman–Crippen LogP) is 2.43. The average molecular weight is 273 g/mol. The number of nitrogens with zero attached hydrogens (tertiary/aromatic N) is 1. The summed E-state index contributed by atoms with van der Waals surface area (Å²) in [7, 11) is -2.09. The van der Waals surface area contributed by atoms with Crippen molar-refractivity contribution in [2.75, 3.05) is 13.2 Å². The third kappa shape index (κ3) is 4.04. The molecule has 1 aromatic rings. The Labute approximate surface area is 109 Å². The van der Waals surface area contributed by atoms with Crippen molar-refractivity contribution >= 4 is 8.56 Å². The summed E-state index contributed by atoms with van der Waals surface area (Å²) in [6.07, 6.45) is 0.804. The van der Waals surface area contributed by atoms with Crippen molar-refractivity contribution in [1.29, 1.82) is 0 Å². The van der Waals surface area contributed by atoms with E-state index in [0.717, 1.165) is 12.5 Å². The van der Waals surface area contributed by atoms with Crippen LogP contribution >= 0.6 is 0 Å². The Balaban J connectivity index is 2.48. The summed E-state index contributed by atoms with van der Waals surface area (Å²) >= 11 is 0. The Morgan fingerprint density at radius 3 is 2.06 bits per heavy atom. The number of hydrogen-bond donors (Lipinski definition) is 2. The lowest BCUT2D eigenvalue weighted by Crippen LogP contribution is -2.38. The molecule has 0 amide bonds. The molecule has 1 heterocycles. The molecule has 18 heavy (non-hydrogen) atoms. The fraction of sp³-hybridized carbons (Fsp3) is 0.667. The normalized spacial score (nSPS) is 11.9. The van der Waals surface area contributed by atoms with E-state index in [-0.39, 0.29) is 11.8 Å². The molecule has 0 unspecified atom stereocenters. The molecule has 1 rings (SSSR count). The van der Waals surface area contributed by atoms with E-state index in [2.05, 4.69) is 6.55 Å². The number of hydrogen-bond acceptors (Lipinski definition) is 4. The maximum atomic E-state index is 9.52. The van der Waals surface area contributed by atoms with Crippen LogP contribution in [0.2, 0.25) is 12.6 Å². The van der Waals surface area contributed by atoms with Crippen molar-refractivity contribution in [3.8, 4) is 11.8 Å². The van der Waals surface area contributed by atoms with Crippen LogP contribution in [0.5, 0.6) is 11.8 Å². The van der Waals surface area contributed by atoms with Crippen molar-refractivity contribution in [3.05, 3.63) is 12.1 Å². The molecule has 1 aromatic heterocycles. The summed E-state index contributed by atoms with van der Waals surface area (Å²) in [6.45, 7) is 7.86. The molecule has 0 aliphatic heterocycles. The summed E-state index contributed by atoms with van der Waals surface area (Å²) < 4.78 is 12.9. The van der Waals surface area contributed by atoms with Gasteiger partial charge in [0.25, 0.3) is 0 Å². The molecule has 0 aliphatic rings. The largest absolute Gasteiger partial charge is 0.494 e. The molecule has 0 bridgehead atoms.